The average molecular weight is 241 g/mol. The fraction of sp³-hybridized carbons (Fsp3) is 1.00. The van der Waals surface area contributed by atoms with E-state index < -0.39 is 0 Å². The molecule has 1 saturated carbocycles. The lowest BCUT2D eigenvalue weighted by molar-refractivity contribution is 0.185. The van der Waals surface area contributed by atoms with Gasteiger partial charge in [-0.3, -0.25) is 0 Å². The Morgan fingerprint density at radius 1 is 1.18 bits per heavy atom. The lowest BCUT2D eigenvalue weighted by atomic mass is 10.0. The molecule has 17 heavy (non-hydrogen) atoms. The summed E-state index contributed by atoms with van der Waals surface area (Å²) in [5, 5.41) is 0. The topological polar surface area (TPSA) is 32.5 Å². The van der Waals surface area contributed by atoms with Crippen LogP contribution < -0.4 is 5.73 Å². The van der Waals surface area contributed by atoms with Gasteiger partial charge in [0.25, 0.3) is 0 Å². The first-order chi connectivity index (χ1) is 7.99. The van der Waals surface area contributed by atoms with Gasteiger partial charge in [0, 0.05) is 32.2 Å². The van der Waals surface area contributed by atoms with E-state index in [0.717, 1.165) is 18.4 Å². The maximum atomic E-state index is 6.18. The number of nitrogens with zero attached hydrogens (tertiary/aromatic N) is 2. The molecule has 2 atom stereocenters. The average Bonchev–Trinajstić information content (AvgIpc) is 2.60. The third-order valence-electron chi connectivity index (χ3n) is 3.70. The molecular formula is C14H31N3. The normalized spacial score (nSPS) is 25.4. The molecule has 1 aliphatic rings. The highest BCUT2D eigenvalue weighted by molar-refractivity contribution is 4.83. The molecule has 3 nitrogen and oxygen atoms in total. The first kappa shape index (κ1) is 14.9. The summed E-state index contributed by atoms with van der Waals surface area (Å²) < 4.78 is 0. The Bertz CT molecular complexity index is 204. The van der Waals surface area contributed by atoms with E-state index >= 15 is 0 Å². The van der Waals surface area contributed by atoms with Gasteiger partial charge in [0.1, 0.15) is 0 Å². The van der Waals surface area contributed by atoms with Crippen molar-refractivity contribution in [2.24, 2.45) is 17.6 Å². The number of rotatable bonds is 7. The number of likely N-dealkylation sites (N-methyl/N-ethyl adjacent to an activating group) is 1. The fourth-order valence-electron chi connectivity index (χ4n) is 2.74. The van der Waals surface area contributed by atoms with Crippen LogP contribution >= 0.6 is 0 Å². The van der Waals surface area contributed by atoms with E-state index in [4.69, 9.17) is 5.73 Å². The summed E-state index contributed by atoms with van der Waals surface area (Å²) >= 11 is 0. The molecule has 0 bridgehead atoms. The lowest BCUT2D eigenvalue weighted by Gasteiger charge is -2.29. The van der Waals surface area contributed by atoms with Crippen molar-refractivity contribution in [3.05, 3.63) is 0 Å². The summed E-state index contributed by atoms with van der Waals surface area (Å²) in [6, 6.07) is 0.448. The van der Waals surface area contributed by atoms with Gasteiger partial charge in [-0.25, -0.2) is 0 Å². The fourth-order valence-corrected chi connectivity index (χ4v) is 2.74. The molecule has 0 aromatic heterocycles. The van der Waals surface area contributed by atoms with E-state index in [1.165, 1.54) is 38.9 Å². The van der Waals surface area contributed by atoms with Crippen molar-refractivity contribution in [3.63, 3.8) is 0 Å². The van der Waals surface area contributed by atoms with Crippen molar-refractivity contribution >= 4 is 0 Å². The SMILES string of the molecule is CC(C)CN(CCN(C)C)CC1CCCC1N. The molecule has 0 aliphatic heterocycles. The zero-order valence-electron chi connectivity index (χ0n) is 12.2. The zero-order chi connectivity index (χ0) is 12.8. The second-order valence-electron chi connectivity index (χ2n) is 6.31. The van der Waals surface area contributed by atoms with Crippen molar-refractivity contribution in [1.29, 1.82) is 0 Å². The first-order valence-corrected chi connectivity index (χ1v) is 7.11. The molecule has 102 valence electrons. The van der Waals surface area contributed by atoms with Gasteiger partial charge < -0.3 is 15.5 Å². The molecule has 1 fully saturated rings. The molecule has 3 heteroatoms. The van der Waals surface area contributed by atoms with Crippen LogP contribution in [0.1, 0.15) is 33.1 Å². The smallest absolute Gasteiger partial charge is 0.0109 e. The van der Waals surface area contributed by atoms with Crippen molar-refractivity contribution < 1.29 is 0 Å². The van der Waals surface area contributed by atoms with Gasteiger partial charge in [0.2, 0.25) is 0 Å². The Balaban J connectivity index is 2.38. The van der Waals surface area contributed by atoms with E-state index in [2.05, 4.69) is 37.7 Å². The Morgan fingerprint density at radius 2 is 1.88 bits per heavy atom. The maximum Gasteiger partial charge on any atom is 0.0109 e. The van der Waals surface area contributed by atoms with E-state index in [-0.39, 0.29) is 0 Å². The zero-order valence-corrected chi connectivity index (χ0v) is 12.2. The first-order valence-electron chi connectivity index (χ1n) is 7.11. The van der Waals surface area contributed by atoms with Gasteiger partial charge in [0.05, 0.1) is 0 Å². The van der Waals surface area contributed by atoms with Crippen LogP contribution in [0, 0.1) is 11.8 Å². The minimum Gasteiger partial charge on any atom is -0.327 e. The summed E-state index contributed by atoms with van der Waals surface area (Å²) in [7, 11) is 4.30. The number of hydrogen-bond donors (Lipinski definition) is 1. The van der Waals surface area contributed by atoms with Gasteiger partial charge in [-0.1, -0.05) is 20.3 Å². The highest BCUT2D eigenvalue weighted by Gasteiger charge is 2.25. The van der Waals surface area contributed by atoms with E-state index in [1.54, 1.807) is 0 Å². The molecule has 0 amide bonds. The second-order valence-corrected chi connectivity index (χ2v) is 6.31. The van der Waals surface area contributed by atoms with Crippen LogP contribution in [-0.2, 0) is 0 Å². The Hall–Kier alpha value is -0.120. The highest BCUT2D eigenvalue weighted by Crippen LogP contribution is 2.25. The predicted molar refractivity (Wildman–Crippen MR) is 75.1 cm³/mol. The van der Waals surface area contributed by atoms with Crippen molar-refractivity contribution in [1.82, 2.24) is 9.80 Å². The molecule has 0 heterocycles. The van der Waals surface area contributed by atoms with Crippen molar-refractivity contribution in [3.8, 4) is 0 Å². The van der Waals surface area contributed by atoms with Crippen LogP contribution in [0.3, 0.4) is 0 Å². The summed E-state index contributed by atoms with van der Waals surface area (Å²) in [5.41, 5.74) is 6.18. The molecule has 1 rings (SSSR count). The summed E-state index contributed by atoms with van der Waals surface area (Å²) in [6.45, 7) is 9.34. The molecule has 0 radical (unpaired) electrons. The largest absolute Gasteiger partial charge is 0.327 e. The third kappa shape index (κ3) is 5.84. The molecule has 0 saturated heterocycles. The van der Waals surface area contributed by atoms with Crippen LogP contribution in [0.4, 0.5) is 0 Å². The summed E-state index contributed by atoms with van der Waals surface area (Å²) in [6.07, 6.45) is 3.89. The monoisotopic (exact) mass is 241 g/mol. The van der Waals surface area contributed by atoms with Crippen LogP contribution in [-0.4, -0.2) is 56.1 Å². The van der Waals surface area contributed by atoms with Crippen LogP contribution in [0.5, 0.6) is 0 Å². The lowest BCUT2D eigenvalue weighted by Crippen LogP contribution is -2.41. The van der Waals surface area contributed by atoms with E-state index in [9.17, 15) is 0 Å². The maximum absolute atomic E-state index is 6.18. The Labute approximate surface area is 107 Å². The Kier molecular flexibility index (Phi) is 6.45. The number of nitrogens with two attached hydrogens (primary N) is 1. The molecule has 0 spiro atoms. The van der Waals surface area contributed by atoms with Crippen LogP contribution in [0.25, 0.3) is 0 Å². The molecule has 1 aliphatic carbocycles. The van der Waals surface area contributed by atoms with Gasteiger partial charge in [0.15, 0.2) is 0 Å². The summed E-state index contributed by atoms with van der Waals surface area (Å²) in [4.78, 5) is 4.88. The molecule has 0 aromatic rings. The van der Waals surface area contributed by atoms with Gasteiger partial charge in [-0.2, -0.15) is 0 Å². The summed E-state index contributed by atoms with van der Waals surface area (Å²) in [5.74, 6) is 1.48. The minimum atomic E-state index is 0.448. The van der Waals surface area contributed by atoms with E-state index in [1.807, 2.05) is 0 Å². The number of hydrogen-bond acceptors (Lipinski definition) is 3. The quantitative estimate of drug-likeness (QED) is 0.735. The van der Waals surface area contributed by atoms with E-state index in [0.29, 0.717) is 6.04 Å². The molecule has 0 aromatic carbocycles. The molecule has 2 unspecified atom stereocenters. The second kappa shape index (κ2) is 7.34. The standard InChI is InChI=1S/C14H31N3/c1-12(2)10-17(9-8-16(3)4)11-13-6-5-7-14(13)15/h12-14H,5-11,15H2,1-4H3. The van der Waals surface area contributed by atoms with Crippen molar-refractivity contribution in [2.45, 2.75) is 39.2 Å². The molecule has 2 N–H and O–H groups in total. The third-order valence-corrected chi connectivity index (χ3v) is 3.70. The van der Waals surface area contributed by atoms with Crippen molar-refractivity contribution in [2.75, 3.05) is 40.3 Å². The van der Waals surface area contributed by atoms with Gasteiger partial charge in [-0.05, 0) is 38.8 Å². The Morgan fingerprint density at radius 3 is 2.35 bits per heavy atom. The van der Waals surface area contributed by atoms with Crippen LogP contribution in [0.15, 0.2) is 0 Å². The minimum absolute atomic E-state index is 0.448. The van der Waals surface area contributed by atoms with Crippen LogP contribution in [0.2, 0.25) is 0 Å². The predicted octanol–water partition coefficient (Wildman–Crippen LogP) is 1.63. The van der Waals surface area contributed by atoms with Gasteiger partial charge >= 0.3 is 0 Å². The molecular weight excluding hydrogens is 210 g/mol. The highest BCUT2D eigenvalue weighted by atomic mass is 15.2. The van der Waals surface area contributed by atoms with Gasteiger partial charge in [-0.15, -0.1) is 0 Å².